The third-order valence-electron chi connectivity index (χ3n) is 10.2. The molecule has 8 aromatic carbocycles. The third kappa shape index (κ3) is 4.00. The fraction of sp³-hybridized carbons (Fsp3) is 0.0870. The van der Waals surface area contributed by atoms with Crippen LogP contribution in [-0.2, 0) is 5.41 Å². The number of benzene rings is 8. The average Bonchev–Trinajstić information content (AvgIpc) is 3.69. The molecule has 228 valence electrons. The molecule has 2 heteroatoms. The molecule has 10 aromatic rings. The fourth-order valence-electron chi connectivity index (χ4n) is 7.96. The van der Waals surface area contributed by atoms with Crippen LogP contribution >= 0.6 is 22.7 Å². The second-order valence-corrected chi connectivity index (χ2v) is 16.2. The molecule has 0 N–H and O–H groups in total. The van der Waals surface area contributed by atoms with Crippen molar-refractivity contribution < 1.29 is 0 Å². The minimum atomic E-state index is 0.0321. The largest absolute Gasteiger partial charge is 0.135 e. The Morgan fingerprint density at radius 2 is 1.02 bits per heavy atom. The van der Waals surface area contributed by atoms with Crippen LogP contribution in [0.15, 0.2) is 140 Å². The van der Waals surface area contributed by atoms with Gasteiger partial charge in [-0.2, -0.15) is 0 Å². The Bertz CT molecular complexity index is 2910. The van der Waals surface area contributed by atoms with Crippen LogP contribution in [0.2, 0.25) is 0 Å². The van der Waals surface area contributed by atoms with Crippen LogP contribution in [0.1, 0.15) is 26.3 Å². The molecule has 0 spiro atoms. The molecule has 0 unspecified atom stereocenters. The number of rotatable bonds is 2. The summed E-state index contributed by atoms with van der Waals surface area (Å²) in [6.07, 6.45) is 0. The molecule has 0 aliphatic carbocycles. The Labute approximate surface area is 287 Å². The summed E-state index contributed by atoms with van der Waals surface area (Å²) in [5, 5.41) is 13.4. The van der Waals surface area contributed by atoms with Crippen molar-refractivity contribution in [1.82, 2.24) is 0 Å². The lowest BCUT2D eigenvalue weighted by Crippen LogP contribution is -2.10. The lowest BCUT2D eigenvalue weighted by molar-refractivity contribution is 0.591. The smallest absolute Gasteiger partial charge is 0.0440 e. The molecule has 0 nitrogen and oxygen atoms in total. The van der Waals surface area contributed by atoms with Gasteiger partial charge in [-0.25, -0.2) is 0 Å². The molecule has 2 heterocycles. The van der Waals surface area contributed by atoms with Crippen LogP contribution in [0.5, 0.6) is 0 Å². The van der Waals surface area contributed by atoms with Gasteiger partial charge < -0.3 is 0 Å². The van der Waals surface area contributed by atoms with Crippen LogP contribution < -0.4 is 0 Å². The highest BCUT2D eigenvalue weighted by molar-refractivity contribution is 7.27. The van der Waals surface area contributed by atoms with Gasteiger partial charge in [-0.3, -0.25) is 0 Å². The highest BCUT2D eigenvalue weighted by atomic mass is 32.1. The molecule has 0 saturated heterocycles. The summed E-state index contributed by atoms with van der Waals surface area (Å²) in [5.74, 6) is 0. The van der Waals surface area contributed by atoms with Crippen molar-refractivity contribution in [3.05, 3.63) is 145 Å². The Kier molecular flexibility index (Phi) is 5.98. The van der Waals surface area contributed by atoms with Gasteiger partial charge in [0.15, 0.2) is 0 Å². The van der Waals surface area contributed by atoms with E-state index in [-0.39, 0.29) is 5.41 Å². The van der Waals surface area contributed by atoms with Crippen molar-refractivity contribution in [2.75, 3.05) is 0 Å². The fourth-order valence-corrected chi connectivity index (χ4v) is 10.3. The molecule has 0 atom stereocenters. The molecule has 48 heavy (non-hydrogen) atoms. The van der Waals surface area contributed by atoms with Crippen LogP contribution in [0, 0.1) is 0 Å². The van der Waals surface area contributed by atoms with Crippen molar-refractivity contribution in [2.24, 2.45) is 0 Å². The van der Waals surface area contributed by atoms with E-state index in [4.69, 9.17) is 0 Å². The van der Waals surface area contributed by atoms with E-state index in [0.29, 0.717) is 0 Å². The van der Waals surface area contributed by atoms with Gasteiger partial charge in [-0.1, -0.05) is 130 Å². The second-order valence-electron chi connectivity index (χ2n) is 14.0. The van der Waals surface area contributed by atoms with Crippen molar-refractivity contribution in [1.29, 1.82) is 0 Å². The minimum absolute atomic E-state index is 0.0321. The molecule has 0 radical (unpaired) electrons. The molecule has 0 saturated carbocycles. The van der Waals surface area contributed by atoms with E-state index < -0.39 is 0 Å². The highest BCUT2D eigenvalue weighted by Gasteiger charge is 2.24. The lowest BCUT2D eigenvalue weighted by Gasteiger charge is -2.23. The van der Waals surface area contributed by atoms with Crippen LogP contribution in [-0.4, -0.2) is 0 Å². The quantitative estimate of drug-likeness (QED) is 0.164. The van der Waals surface area contributed by atoms with E-state index in [9.17, 15) is 0 Å². The molecule has 2 aromatic heterocycles. The van der Waals surface area contributed by atoms with Gasteiger partial charge in [-0.05, 0) is 84.9 Å². The molecule has 0 aliphatic rings. The minimum Gasteiger partial charge on any atom is -0.135 e. The van der Waals surface area contributed by atoms with Gasteiger partial charge in [0.05, 0.1) is 0 Å². The summed E-state index contributed by atoms with van der Waals surface area (Å²) in [6, 6.07) is 52.4. The zero-order chi connectivity index (χ0) is 32.1. The zero-order valence-corrected chi connectivity index (χ0v) is 28.7. The number of fused-ring (bicyclic) bond motifs is 11. The summed E-state index contributed by atoms with van der Waals surface area (Å²) >= 11 is 3.85. The van der Waals surface area contributed by atoms with Crippen LogP contribution in [0.25, 0.3) is 94.9 Å². The van der Waals surface area contributed by atoms with Gasteiger partial charge in [0.1, 0.15) is 0 Å². The summed E-state index contributed by atoms with van der Waals surface area (Å²) in [6.45, 7) is 6.95. The molecular weight excluding hydrogens is 617 g/mol. The van der Waals surface area contributed by atoms with E-state index in [1.54, 1.807) is 0 Å². The molecule has 0 aliphatic heterocycles. The van der Waals surface area contributed by atoms with Gasteiger partial charge in [0, 0.05) is 51.3 Å². The molecule has 0 bridgehead atoms. The number of hydrogen-bond donors (Lipinski definition) is 0. The SMILES string of the molecule is CC(C)(C)c1ccc2c(-c3cc4ccc5sc6ccccc6c5c4c4c3sc3ccccc34)c3ccccc3c(-c3ccccc3)c2c1. The zero-order valence-electron chi connectivity index (χ0n) is 27.1. The van der Waals surface area contributed by atoms with Crippen LogP contribution in [0.4, 0.5) is 0 Å². The van der Waals surface area contributed by atoms with Crippen LogP contribution in [0.3, 0.4) is 0 Å². The normalized spacial score (nSPS) is 12.5. The molecule has 0 fully saturated rings. The molecule has 10 rings (SSSR count). The number of hydrogen-bond acceptors (Lipinski definition) is 2. The van der Waals surface area contributed by atoms with Crippen molar-refractivity contribution in [3.8, 4) is 22.3 Å². The summed E-state index contributed by atoms with van der Waals surface area (Å²) in [7, 11) is 0. The van der Waals surface area contributed by atoms with Gasteiger partial charge in [0.25, 0.3) is 0 Å². The molecular formula is C46H32S2. The second kappa shape index (κ2) is 10.2. The Morgan fingerprint density at radius 3 is 1.75 bits per heavy atom. The predicted molar refractivity (Wildman–Crippen MR) is 214 cm³/mol. The van der Waals surface area contributed by atoms with E-state index in [1.165, 1.54) is 100 Å². The third-order valence-corrected chi connectivity index (χ3v) is 12.5. The first-order valence-electron chi connectivity index (χ1n) is 16.7. The van der Waals surface area contributed by atoms with Gasteiger partial charge >= 0.3 is 0 Å². The topological polar surface area (TPSA) is 0 Å². The number of thiophene rings is 2. The highest BCUT2D eigenvalue weighted by Crippen LogP contribution is 2.52. The van der Waals surface area contributed by atoms with E-state index >= 15 is 0 Å². The maximum Gasteiger partial charge on any atom is 0.0440 e. The van der Waals surface area contributed by atoms with Gasteiger partial charge in [0.2, 0.25) is 0 Å². The predicted octanol–water partition coefficient (Wildman–Crippen LogP) is 14.5. The Balaban J connectivity index is 1.44. The van der Waals surface area contributed by atoms with Crippen molar-refractivity contribution >= 4 is 95.3 Å². The summed E-state index contributed by atoms with van der Waals surface area (Å²) in [4.78, 5) is 0. The van der Waals surface area contributed by atoms with E-state index in [2.05, 4.69) is 160 Å². The summed E-state index contributed by atoms with van der Waals surface area (Å²) in [5.41, 5.74) is 6.61. The maximum absolute atomic E-state index is 2.50. The van der Waals surface area contributed by atoms with Crippen molar-refractivity contribution in [2.45, 2.75) is 26.2 Å². The van der Waals surface area contributed by atoms with E-state index in [0.717, 1.165) is 0 Å². The Hall–Kier alpha value is -5.02. The van der Waals surface area contributed by atoms with Gasteiger partial charge in [-0.15, -0.1) is 22.7 Å². The van der Waals surface area contributed by atoms with E-state index in [1.807, 2.05) is 22.7 Å². The molecule has 0 amide bonds. The first kappa shape index (κ1) is 28.0. The van der Waals surface area contributed by atoms with Crippen molar-refractivity contribution in [3.63, 3.8) is 0 Å². The standard InChI is InChI=1S/C46H32S2/c1-46(2,3)29-22-23-32-35(26-29)40(27-13-5-4-6-14-27)30-15-7-8-16-31(30)42(32)36-25-28-21-24-39-43(33-17-9-11-19-37(33)47-39)41(28)44-34-18-10-12-20-38(34)48-45(36)44/h4-26H,1-3H3. The first-order chi connectivity index (χ1) is 23.5. The maximum atomic E-state index is 2.50. The Morgan fingerprint density at radius 1 is 0.417 bits per heavy atom. The lowest BCUT2D eigenvalue weighted by atomic mass is 9.81. The first-order valence-corrected chi connectivity index (χ1v) is 18.3. The summed E-state index contributed by atoms with van der Waals surface area (Å²) < 4.78 is 5.40. The average molecular weight is 649 g/mol. The monoisotopic (exact) mass is 648 g/mol.